The largest absolute Gasteiger partial charge is 0.343 e. The van der Waals surface area contributed by atoms with Gasteiger partial charge in [-0.3, -0.25) is 9.89 Å². The first kappa shape index (κ1) is 25.8. The number of carbonyl (C=O) groups excluding carboxylic acids is 1. The minimum absolute atomic E-state index is 0.184. The summed E-state index contributed by atoms with van der Waals surface area (Å²) in [5.74, 6) is 1.16. The Hall–Kier alpha value is -3.24. The van der Waals surface area contributed by atoms with Crippen LogP contribution in [0.3, 0.4) is 0 Å². The van der Waals surface area contributed by atoms with E-state index in [-0.39, 0.29) is 29.3 Å². The van der Waals surface area contributed by atoms with Crippen molar-refractivity contribution < 1.29 is 9.18 Å². The summed E-state index contributed by atoms with van der Waals surface area (Å²) in [5, 5.41) is 13.3. The van der Waals surface area contributed by atoms with Crippen LogP contribution >= 0.6 is 11.6 Å². The first-order chi connectivity index (χ1) is 17.2. The second-order valence-corrected chi connectivity index (χ2v) is 9.88. The van der Waals surface area contributed by atoms with E-state index in [1.54, 1.807) is 12.1 Å². The van der Waals surface area contributed by atoms with Gasteiger partial charge in [0.05, 0.1) is 11.9 Å². The summed E-state index contributed by atoms with van der Waals surface area (Å²) in [4.78, 5) is 24.9. The fraction of sp³-hybridized carbons (Fsp3) is 0.440. The van der Waals surface area contributed by atoms with E-state index in [4.69, 9.17) is 11.6 Å². The molecule has 0 bridgehead atoms. The summed E-state index contributed by atoms with van der Waals surface area (Å²) >= 11 is 6.23. The Balaban J connectivity index is 1.42. The molecule has 1 aliphatic heterocycles. The monoisotopic (exact) mass is 514 g/mol. The van der Waals surface area contributed by atoms with Gasteiger partial charge in [0, 0.05) is 37.8 Å². The van der Waals surface area contributed by atoms with Gasteiger partial charge < -0.3 is 20.4 Å². The number of aromatic amines is 1. The highest BCUT2D eigenvalue weighted by molar-refractivity contribution is 6.32. The molecule has 192 valence electrons. The van der Waals surface area contributed by atoms with E-state index < -0.39 is 0 Å². The fourth-order valence-corrected chi connectivity index (χ4v) is 4.53. The van der Waals surface area contributed by atoms with Gasteiger partial charge in [0.2, 0.25) is 11.9 Å². The fourth-order valence-electron chi connectivity index (χ4n) is 4.39. The summed E-state index contributed by atoms with van der Waals surface area (Å²) in [7, 11) is 3.93. The molecule has 3 aromatic rings. The molecule has 0 radical (unpaired) electrons. The zero-order valence-electron chi connectivity index (χ0n) is 21.0. The average Bonchev–Trinajstić information content (AvgIpc) is 3.26. The van der Waals surface area contributed by atoms with Gasteiger partial charge in [-0.2, -0.15) is 10.1 Å². The van der Waals surface area contributed by atoms with Gasteiger partial charge in [0.1, 0.15) is 10.8 Å². The second-order valence-electron chi connectivity index (χ2n) is 9.47. The number of nitrogens with one attached hydrogen (secondary N) is 3. The van der Waals surface area contributed by atoms with Gasteiger partial charge in [-0.25, -0.2) is 9.37 Å². The molecule has 1 aliphatic rings. The van der Waals surface area contributed by atoms with Crippen LogP contribution in [0.2, 0.25) is 5.02 Å². The number of H-pyrrole nitrogens is 1. The van der Waals surface area contributed by atoms with Crippen molar-refractivity contribution in [2.45, 2.75) is 39.0 Å². The molecule has 1 saturated heterocycles. The van der Waals surface area contributed by atoms with Crippen LogP contribution in [0, 0.1) is 19.7 Å². The Labute approximate surface area is 215 Å². The van der Waals surface area contributed by atoms with E-state index in [1.165, 1.54) is 6.20 Å². The number of halogens is 2. The number of likely N-dealkylation sites (tertiary alicyclic amines) is 1. The molecular formula is C25H32ClFN8O. The Kier molecular flexibility index (Phi) is 8.05. The van der Waals surface area contributed by atoms with E-state index in [1.807, 2.05) is 43.8 Å². The van der Waals surface area contributed by atoms with Crippen LogP contribution in [0.25, 0.3) is 0 Å². The third-order valence-corrected chi connectivity index (χ3v) is 6.64. The van der Waals surface area contributed by atoms with E-state index in [0.717, 1.165) is 36.2 Å². The molecule has 3 heterocycles. The van der Waals surface area contributed by atoms with Crippen molar-refractivity contribution in [1.82, 2.24) is 30.0 Å². The summed E-state index contributed by atoms with van der Waals surface area (Å²) < 4.78 is 15.1. The van der Waals surface area contributed by atoms with Crippen molar-refractivity contribution in [3.8, 4) is 0 Å². The van der Waals surface area contributed by atoms with Crippen LogP contribution in [0.4, 0.5) is 27.7 Å². The quantitative estimate of drug-likeness (QED) is 0.398. The molecule has 4 rings (SSSR count). The highest BCUT2D eigenvalue weighted by Gasteiger charge is 2.25. The molecule has 0 atom stereocenters. The third kappa shape index (κ3) is 6.30. The van der Waals surface area contributed by atoms with Gasteiger partial charge in [0.25, 0.3) is 0 Å². The molecular weight excluding hydrogens is 483 g/mol. The first-order valence-corrected chi connectivity index (χ1v) is 12.4. The SMILES string of the molecule is Cc1cc(Nc2nc(Nc3cc(C)c(C4CCN(C(=O)CCN(C)C)CC4)cc3F)ncc2Cl)n[nH]1. The molecule has 2 aromatic heterocycles. The number of anilines is 4. The molecule has 11 heteroatoms. The number of hydrogen-bond acceptors (Lipinski definition) is 7. The van der Waals surface area contributed by atoms with Gasteiger partial charge in [-0.15, -0.1) is 0 Å². The number of amides is 1. The van der Waals surface area contributed by atoms with E-state index in [2.05, 4.69) is 30.8 Å². The summed E-state index contributed by atoms with van der Waals surface area (Å²) in [6.07, 6.45) is 3.62. The predicted octanol–water partition coefficient (Wildman–Crippen LogP) is 4.75. The lowest BCUT2D eigenvalue weighted by Gasteiger charge is -2.33. The molecule has 0 saturated carbocycles. The molecule has 3 N–H and O–H groups in total. The molecule has 1 aromatic carbocycles. The number of piperidine rings is 1. The van der Waals surface area contributed by atoms with E-state index in [0.29, 0.717) is 36.2 Å². The average molecular weight is 515 g/mol. The van der Waals surface area contributed by atoms with E-state index in [9.17, 15) is 4.79 Å². The van der Waals surface area contributed by atoms with Crippen molar-refractivity contribution in [3.05, 3.63) is 52.1 Å². The number of aromatic nitrogens is 4. The molecule has 9 nitrogen and oxygen atoms in total. The maximum Gasteiger partial charge on any atom is 0.229 e. The Bertz CT molecular complexity index is 1220. The zero-order valence-corrected chi connectivity index (χ0v) is 21.8. The normalized spacial score (nSPS) is 14.4. The van der Waals surface area contributed by atoms with Crippen LogP contribution < -0.4 is 10.6 Å². The van der Waals surface area contributed by atoms with Crippen molar-refractivity contribution in [1.29, 1.82) is 0 Å². The third-order valence-electron chi connectivity index (χ3n) is 6.36. The Morgan fingerprint density at radius 3 is 2.64 bits per heavy atom. The van der Waals surface area contributed by atoms with Crippen molar-refractivity contribution >= 4 is 40.8 Å². The number of benzene rings is 1. The van der Waals surface area contributed by atoms with Gasteiger partial charge in [-0.05, 0) is 70.0 Å². The lowest BCUT2D eigenvalue weighted by molar-refractivity contribution is -0.132. The number of hydrogen-bond donors (Lipinski definition) is 3. The highest BCUT2D eigenvalue weighted by atomic mass is 35.5. The van der Waals surface area contributed by atoms with Crippen LogP contribution in [0.5, 0.6) is 0 Å². The molecule has 36 heavy (non-hydrogen) atoms. The molecule has 0 spiro atoms. The highest BCUT2D eigenvalue weighted by Crippen LogP contribution is 2.34. The van der Waals surface area contributed by atoms with Gasteiger partial charge >= 0.3 is 0 Å². The van der Waals surface area contributed by atoms with E-state index >= 15 is 4.39 Å². The van der Waals surface area contributed by atoms with Crippen molar-refractivity contribution in [2.75, 3.05) is 44.4 Å². The van der Waals surface area contributed by atoms with Crippen LogP contribution in [-0.4, -0.2) is 69.6 Å². The predicted molar refractivity (Wildman–Crippen MR) is 140 cm³/mol. The zero-order chi connectivity index (χ0) is 25.8. The summed E-state index contributed by atoms with van der Waals surface area (Å²) in [6.45, 7) is 6.00. The van der Waals surface area contributed by atoms with Gasteiger partial charge in [-0.1, -0.05) is 11.6 Å². The van der Waals surface area contributed by atoms with Crippen LogP contribution in [0.1, 0.15) is 42.0 Å². The minimum Gasteiger partial charge on any atom is -0.343 e. The number of nitrogens with zero attached hydrogens (tertiary/aromatic N) is 5. The van der Waals surface area contributed by atoms with Crippen molar-refractivity contribution in [2.24, 2.45) is 0 Å². The lowest BCUT2D eigenvalue weighted by atomic mass is 9.86. The summed E-state index contributed by atoms with van der Waals surface area (Å²) in [5.41, 5.74) is 3.14. The number of carbonyl (C=O) groups is 1. The van der Waals surface area contributed by atoms with Crippen molar-refractivity contribution in [3.63, 3.8) is 0 Å². The Morgan fingerprint density at radius 1 is 1.22 bits per heavy atom. The molecule has 1 fully saturated rings. The Morgan fingerprint density at radius 2 is 1.97 bits per heavy atom. The molecule has 0 aliphatic carbocycles. The maximum absolute atomic E-state index is 15.1. The smallest absolute Gasteiger partial charge is 0.229 e. The lowest BCUT2D eigenvalue weighted by Crippen LogP contribution is -2.39. The summed E-state index contributed by atoms with van der Waals surface area (Å²) in [6, 6.07) is 5.19. The first-order valence-electron chi connectivity index (χ1n) is 12.0. The minimum atomic E-state index is -0.379. The number of aryl methyl sites for hydroxylation is 2. The maximum atomic E-state index is 15.1. The second kappa shape index (κ2) is 11.2. The van der Waals surface area contributed by atoms with Crippen LogP contribution in [0.15, 0.2) is 24.4 Å². The van der Waals surface area contributed by atoms with Gasteiger partial charge in [0.15, 0.2) is 11.6 Å². The standard InChI is InChI=1S/C25H32ClFN8O/c1-15-11-21(29-25-28-14-19(26)24(31-25)30-22-12-16(2)32-33-22)20(27)13-18(15)17-5-9-35(10-6-17)23(36)7-8-34(3)4/h11-14,17H,5-10H2,1-4H3,(H3,28,29,30,31,32,33). The van der Waals surface area contributed by atoms with Crippen LogP contribution in [-0.2, 0) is 4.79 Å². The molecule has 1 amide bonds. The number of rotatable bonds is 8. The molecule has 0 unspecified atom stereocenters. The topological polar surface area (TPSA) is 102 Å².